The third-order valence-electron chi connectivity index (χ3n) is 6.44. The quantitative estimate of drug-likeness (QED) is 0.324. The zero-order valence-corrected chi connectivity index (χ0v) is 17.4. The third-order valence-corrected chi connectivity index (χ3v) is 7.54. The van der Waals surface area contributed by atoms with Crippen molar-refractivity contribution in [2.24, 2.45) is 17.8 Å². The zero-order valence-electron chi connectivity index (χ0n) is 16.6. The molecule has 0 aromatic heterocycles. The summed E-state index contributed by atoms with van der Waals surface area (Å²) in [5.41, 5.74) is 1.01. The molecule has 1 heterocycles. The monoisotopic (exact) mass is 417 g/mol. The Labute approximate surface area is 175 Å². The molecule has 0 amide bonds. The first-order chi connectivity index (χ1) is 14.1. The van der Waals surface area contributed by atoms with Crippen LogP contribution in [0, 0.1) is 23.6 Å². The van der Waals surface area contributed by atoms with Crippen LogP contribution in [0.1, 0.15) is 38.5 Å². The number of fused-ring (bicyclic) bond motifs is 2. The molecule has 4 nitrogen and oxygen atoms in total. The molecule has 0 spiro atoms. The van der Waals surface area contributed by atoms with Gasteiger partial charge in [-0.25, -0.2) is 9.18 Å². The van der Waals surface area contributed by atoms with Crippen LogP contribution in [0.3, 0.4) is 0 Å². The van der Waals surface area contributed by atoms with Crippen molar-refractivity contribution in [1.29, 1.82) is 0 Å². The first-order valence-electron chi connectivity index (χ1n) is 10.5. The maximum absolute atomic E-state index is 13.0. The summed E-state index contributed by atoms with van der Waals surface area (Å²) in [6.45, 7) is 1.82. The number of halogens is 1. The van der Waals surface area contributed by atoms with Crippen molar-refractivity contribution in [3.8, 4) is 0 Å². The van der Waals surface area contributed by atoms with Crippen LogP contribution in [-0.2, 0) is 4.74 Å². The van der Waals surface area contributed by atoms with E-state index in [0.29, 0.717) is 5.76 Å². The third kappa shape index (κ3) is 5.16. The predicted octanol–water partition coefficient (Wildman–Crippen LogP) is 5.91. The second-order valence-corrected chi connectivity index (χ2v) is 9.50. The van der Waals surface area contributed by atoms with Crippen LogP contribution in [0.4, 0.5) is 9.18 Å². The minimum Gasteiger partial charge on any atom is -0.449 e. The van der Waals surface area contributed by atoms with E-state index in [4.69, 9.17) is 9.84 Å². The molecule has 1 N–H and O–H groups in total. The first-order valence-corrected chi connectivity index (χ1v) is 11.5. The van der Waals surface area contributed by atoms with Crippen molar-refractivity contribution in [2.45, 2.75) is 43.4 Å². The summed E-state index contributed by atoms with van der Waals surface area (Å²) >= 11 is 1.69. The van der Waals surface area contributed by atoms with Gasteiger partial charge in [-0.3, -0.25) is 0 Å². The Bertz CT molecular complexity index is 792. The summed E-state index contributed by atoms with van der Waals surface area (Å²) in [5, 5.41) is 9.14. The van der Waals surface area contributed by atoms with Gasteiger partial charge in [0.25, 0.3) is 0 Å². The van der Waals surface area contributed by atoms with Gasteiger partial charge in [-0.2, -0.15) is 0 Å². The fourth-order valence-electron chi connectivity index (χ4n) is 5.15. The molecule has 2 bridgehead atoms. The molecule has 1 aliphatic heterocycles. The van der Waals surface area contributed by atoms with E-state index in [1.54, 1.807) is 30.0 Å². The highest BCUT2D eigenvalue weighted by Crippen LogP contribution is 2.49. The summed E-state index contributed by atoms with van der Waals surface area (Å²) in [5.74, 6) is 3.60. The van der Waals surface area contributed by atoms with Gasteiger partial charge in [0.2, 0.25) is 0 Å². The maximum Gasteiger partial charge on any atom is 0.511 e. The van der Waals surface area contributed by atoms with Gasteiger partial charge in [-0.1, -0.05) is 12.5 Å². The summed E-state index contributed by atoms with van der Waals surface area (Å²) < 4.78 is 18.2. The molecule has 2 aliphatic carbocycles. The highest BCUT2D eigenvalue weighted by Gasteiger charge is 2.40. The summed E-state index contributed by atoms with van der Waals surface area (Å²) in [6.07, 6.45) is 9.66. The molecule has 4 rings (SSSR count). The Hall–Kier alpha value is -1.95. The average molecular weight is 418 g/mol. The molecule has 0 radical (unpaired) electrons. The summed E-state index contributed by atoms with van der Waals surface area (Å²) in [6, 6.07) is 6.55. The van der Waals surface area contributed by atoms with Crippen LogP contribution in [0.25, 0.3) is 0 Å². The molecule has 1 aromatic rings. The number of carbonyl (C=O) groups is 1. The molecule has 1 aromatic carbocycles. The zero-order chi connectivity index (χ0) is 20.2. The van der Waals surface area contributed by atoms with Crippen molar-refractivity contribution >= 4 is 17.9 Å². The lowest BCUT2D eigenvalue weighted by molar-refractivity contribution is 0.116. The van der Waals surface area contributed by atoms with E-state index < -0.39 is 6.16 Å². The minimum atomic E-state index is -1.26. The fraction of sp³-hybridized carbons (Fsp3) is 0.522. The van der Waals surface area contributed by atoms with Gasteiger partial charge in [0.15, 0.2) is 5.76 Å². The van der Waals surface area contributed by atoms with Crippen LogP contribution in [0.15, 0.2) is 52.8 Å². The smallest absolute Gasteiger partial charge is 0.449 e. The minimum absolute atomic E-state index is 0.222. The molecule has 2 saturated carbocycles. The van der Waals surface area contributed by atoms with Gasteiger partial charge < -0.3 is 14.7 Å². The topological polar surface area (TPSA) is 49.8 Å². The van der Waals surface area contributed by atoms with Crippen LogP contribution in [0.2, 0.25) is 0 Å². The lowest BCUT2D eigenvalue weighted by atomic mass is 9.88. The van der Waals surface area contributed by atoms with E-state index in [1.807, 2.05) is 6.08 Å². The average Bonchev–Trinajstić information content (AvgIpc) is 3.31. The van der Waals surface area contributed by atoms with Gasteiger partial charge in [0.1, 0.15) is 5.82 Å². The van der Waals surface area contributed by atoms with Gasteiger partial charge >= 0.3 is 6.16 Å². The Morgan fingerprint density at radius 3 is 2.76 bits per heavy atom. The number of allylic oxidation sites excluding steroid dienone is 2. The number of hydrogen-bond acceptors (Lipinski definition) is 4. The Kier molecular flexibility index (Phi) is 6.48. The van der Waals surface area contributed by atoms with E-state index >= 15 is 0 Å². The number of thioether (sulfide) groups is 1. The Balaban J connectivity index is 1.38. The molecule has 0 saturated heterocycles. The van der Waals surface area contributed by atoms with Crippen molar-refractivity contribution in [3.63, 3.8) is 0 Å². The van der Waals surface area contributed by atoms with E-state index in [-0.39, 0.29) is 5.82 Å². The van der Waals surface area contributed by atoms with Crippen molar-refractivity contribution in [2.75, 3.05) is 18.8 Å². The van der Waals surface area contributed by atoms with Crippen LogP contribution in [0.5, 0.6) is 0 Å². The molecule has 6 heteroatoms. The van der Waals surface area contributed by atoms with Gasteiger partial charge in [-0.15, -0.1) is 11.8 Å². The van der Waals surface area contributed by atoms with Gasteiger partial charge in [0, 0.05) is 18.0 Å². The molecule has 156 valence electrons. The normalized spacial score (nSPS) is 25.7. The van der Waals surface area contributed by atoms with E-state index in [0.717, 1.165) is 60.0 Å². The number of nitrogens with zero attached hydrogens (tertiary/aromatic N) is 1. The molecule has 3 atom stereocenters. The lowest BCUT2D eigenvalue weighted by Gasteiger charge is -2.35. The van der Waals surface area contributed by atoms with E-state index in [9.17, 15) is 9.18 Å². The van der Waals surface area contributed by atoms with Gasteiger partial charge in [0.05, 0.1) is 5.70 Å². The molecule has 3 unspecified atom stereocenters. The van der Waals surface area contributed by atoms with E-state index in [2.05, 4.69) is 4.90 Å². The molecular weight excluding hydrogens is 389 g/mol. The van der Waals surface area contributed by atoms with Crippen LogP contribution < -0.4 is 0 Å². The lowest BCUT2D eigenvalue weighted by Crippen LogP contribution is -2.34. The number of hydrogen-bond donors (Lipinski definition) is 1. The molecule has 29 heavy (non-hydrogen) atoms. The van der Waals surface area contributed by atoms with Crippen molar-refractivity contribution < 1.29 is 19.0 Å². The Morgan fingerprint density at radius 2 is 2.07 bits per heavy atom. The SMILES string of the molecule is O=C(O)OC1=C(CCCSc2ccc(F)cc2)N(CC2CC3CCC2C3)CC=C1. The number of carboxylic acid groups (broad SMARTS) is 1. The second-order valence-electron chi connectivity index (χ2n) is 8.33. The standard InChI is InChI=1S/C23H28FNO3S/c24-19-7-9-20(10-8-19)29-12-2-3-21-22(28-23(26)27)4-1-11-25(21)15-18-14-16-5-6-17(18)13-16/h1,4,7-10,16-18H,2-3,5-6,11-15H2,(H,26,27). The fourth-order valence-corrected chi connectivity index (χ4v) is 6.00. The van der Waals surface area contributed by atoms with Crippen LogP contribution in [-0.4, -0.2) is 35.0 Å². The molecule has 3 aliphatic rings. The summed E-state index contributed by atoms with van der Waals surface area (Å²) in [4.78, 5) is 14.6. The highest BCUT2D eigenvalue weighted by molar-refractivity contribution is 7.99. The van der Waals surface area contributed by atoms with Gasteiger partial charge in [-0.05, 0) is 86.0 Å². The molecular formula is C23H28FNO3S. The predicted molar refractivity (Wildman–Crippen MR) is 112 cm³/mol. The first kappa shape index (κ1) is 20.3. The molecule has 2 fully saturated rings. The van der Waals surface area contributed by atoms with Crippen molar-refractivity contribution in [1.82, 2.24) is 4.90 Å². The summed E-state index contributed by atoms with van der Waals surface area (Å²) in [7, 11) is 0. The highest BCUT2D eigenvalue weighted by atomic mass is 32.2. The number of rotatable bonds is 8. The van der Waals surface area contributed by atoms with Crippen molar-refractivity contribution in [3.05, 3.63) is 53.7 Å². The number of benzene rings is 1. The maximum atomic E-state index is 13.0. The number of ether oxygens (including phenoxy) is 1. The largest absolute Gasteiger partial charge is 0.511 e. The second kappa shape index (κ2) is 9.24. The van der Waals surface area contributed by atoms with Crippen LogP contribution >= 0.6 is 11.8 Å². The Morgan fingerprint density at radius 1 is 1.24 bits per heavy atom. The van der Waals surface area contributed by atoms with E-state index in [1.165, 1.54) is 37.8 Å².